The Bertz CT molecular complexity index is 389. The molecular weight excluding hydrogens is 204 g/mol. The number of likely N-dealkylation sites (tertiary alicyclic amines) is 1. The number of β-amino-alcohol motifs (C(OH)–C–C–N with tert-alkyl or cyclic N) is 1. The van der Waals surface area contributed by atoms with Crippen molar-refractivity contribution in [3.8, 4) is 0 Å². The number of pyridine rings is 1. The zero-order valence-electron chi connectivity index (χ0n) is 8.91. The van der Waals surface area contributed by atoms with E-state index < -0.39 is 0 Å². The van der Waals surface area contributed by atoms with Gasteiger partial charge < -0.3 is 10.0 Å². The molecule has 1 fully saturated rings. The standard InChI is InChI=1S/C12H14N2O2/c15-11-5-7-14(9-11)12(16)4-3-10-2-1-6-13-8-10/h1-4,6,8,11,15H,5,7,9H2/t11-/m1/s1. The van der Waals surface area contributed by atoms with Gasteiger partial charge in [-0.25, -0.2) is 0 Å². The SMILES string of the molecule is O=C(C=Cc1cccnc1)N1CC[C@@H](O)C1. The van der Waals surface area contributed by atoms with Crippen LogP contribution in [0.3, 0.4) is 0 Å². The highest BCUT2D eigenvalue weighted by Gasteiger charge is 2.22. The smallest absolute Gasteiger partial charge is 0.246 e. The summed E-state index contributed by atoms with van der Waals surface area (Å²) in [5, 5.41) is 9.31. The topological polar surface area (TPSA) is 53.4 Å². The molecule has 4 nitrogen and oxygen atoms in total. The average Bonchev–Trinajstić information content (AvgIpc) is 2.74. The number of carbonyl (C=O) groups is 1. The van der Waals surface area contributed by atoms with Crippen molar-refractivity contribution >= 4 is 12.0 Å². The fourth-order valence-electron chi connectivity index (χ4n) is 1.69. The Morgan fingerprint density at radius 1 is 1.62 bits per heavy atom. The highest BCUT2D eigenvalue weighted by Crippen LogP contribution is 2.09. The molecule has 1 aliphatic heterocycles. The van der Waals surface area contributed by atoms with E-state index in [9.17, 15) is 9.90 Å². The molecule has 1 aliphatic rings. The summed E-state index contributed by atoms with van der Waals surface area (Å²) in [5.74, 6) is -0.0552. The monoisotopic (exact) mass is 218 g/mol. The van der Waals surface area contributed by atoms with Gasteiger partial charge in [-0.15, -0.1) is 0 Å². The number of aromatic nitrogens is 1. The molecule has 0 radical (unpaired) electrons. The molecule has 1 aromatic heterocycles. The van der Waals surface area contributed by atoms with E-state index in [0.29, 0.717) is 19.5 Å². The minimum Gasteiger partial charge on any atom is -0.391 e. The van der Waals surface area contributed by atoms with E-state index in [1.165, 1.54) is 6.08 Å². The molecule has 2 heterocycles. The maximum atomic E-state index is 11.7. The molecule has 0 unspecified atom stereocenters. The summed E-state index contributed by atoms with van der Waals surface area (Å²) >= 11 is 0. The van der Waals surface area contributed by atoms with Crippen LogP contribution in [0.25, 0.3) is 6.08 Å². The van der Waals surface area contributed by atoms with Gasteiger partial charge in [-0.3, -0.25) is 9.78 Å². The Hall–Kier alpha value is -1.68. The van der Waals surface area contributed by atoms with Crippen LogP contribution in [-0.2, 0) is 4.79 Å². The van der Waals surface area contributed by atoms with E-state index in [1.54, 1.807) is 23.4 Å². The van der Waals surface area contributed by atoms with Crippen LogP contribution in [0.15, 0.2) is 30.6 Å². The van der Waals surface area contributed by atoms with Gasteiger partial charge in [0.2, 0.25) is 5.91 Å². The second kappa shape index (κ2) is 4.90. The summed E-state index contributed by atoms with van der Waals surface area (Å²) in [7, 11) is 0. The molecule has 0 aromatic carbocycles. The first-order chi connectivity index (χ1) is 7.75. The minimum absolute atomic E-state index is 0.0552. The van der Waals surface area contributed by atoms with E-state index in [-0.39, 0.29) is 12.0 Å². The van der Waals surface area contributed by atoms with Crippen molar-refractivity contribution in [2.75, 3.05) is 13.1 Å². The lowest BCUT2D eigenvalue weighted by molar-refractivity contribution is -0.125. The number of aliphatic hydroxyl groups excluding tert-OH is 1. The average molecular weight is 218 g/mol. The predicted octanol–water partition coefficient (Wildman–Crippen LogP) is 0.688. The van der Waals surface area contributed by atoms with Gasteiger partial charge >= 0.3 is 0 Å². The Kier molecular flexibility index (Phi) is 3.31. The Balaban J connectivity index is 1.95. The minimum atomic E-state index is -0.365. The number of rotatable bonds is 2. The van der Waals surface area contributed by atoms with Crippen LogP contribution in [-0.4, -0.2) is 40.1 Å². The van der Waals surface area contributed by atoms with Crippen LogP contribution < -0.4 is 0 Å². The largest absolute Gasteiger partial charge is 0.391 e. The predicted molar refractivity (Wildman–Crippen MR) is 60.5 cm³/mol. The van der Waals surface area contributed by atoms with Crippen molar-refractivity contribution in [2.24, 2.45) is 0 Å². The van der Waals surface area contributed by atoms with Crippen LogP contribution in [0.4, 0.5) is 0 Å². The molecule has 4 heteroatoms. The van der Waals surface area contributed by atoms with Crippen molar-refractivity contribution in [3.05, 3.63) is 36.2 Å². The van der Waals surface area contributed by atoms with E-state index in [1.807, 2.05) is 12.1 Å². The molecule has 0 aliphatic carbocycles. The lowest BCUT2D eigenvalue weighted by atomic mass is 10.2. The molecule has 1 atom stereocenters. The van der Waals surface area contributed by atoms with Crippen molar-refractivity contribution in [1.82, 2.24) is 9.88 Å². The summed E-state index contributed by atoms with van der Waals surface area (Å²) in [6, 6.07) is 3.71. The van der Waals surface area contributed by atoms with Crippen LogP contribution >= 0.6 is 0 Å². The molecule has 1 saturated heterocycles. The van der Waals surface area contributed by atoms with Gasteiger partial charge in [-0.2, -0.15) is 0 Å². The molecule has 1 N–H and O–H groups in total. The van der Waals surface area contributed by atoms with Gasteiger partial charge in [0.25, 0.3) is 0 Å². The van der Waals surface area contributed by atoms with Crippen LogP contribution in [0, 0.1) is 0 Å². The molecule has 16 heavy (non-hydrogen) atoms. The lowest BCUT2D eigenvalue weighted by Crippen LogP contribution is -2.27. The van der Waals surface area contributed by atoms with Crippen molar-refractivity contribution in [2.45, 2.75) is 12.5 Å². The van der Waals surface area contributed by atoms with Crippen LogP contribution in [0.1, 0.15) is 12.0 Å². The fourth-order valence-corrected chi connectivity index (χ4v) is 1.69. The number of hydrogen-bond donors (Lipinski definition) is 1. The van der Waals surface area contributed by atoms with E-state index in [2.05, 4.69) is 4.98 Å². The second-order valence-corrected chi connectivity index (χ2v) is 3.85. The third kappa shape index (κ3) is 2.67. The molecular formula is C12H14N2O2. The van der Waals surface area contributed by atoms with Crippen molar-refractivity contribution in [3.63, 3.8) is 0 Å². The number of carbonyl (C=O) groups excluding carboxylic acids is 1. The van der Waals surface area contributed by atoms with Crippen LogP contribution in [0.5, 0.6) is 0 Å². The zero-order chi connectivity index (χ0) is 11.4. The molecule has 0 saturated carbocycles. The normalized spacial score (nSPS) is 20.6. The molecule has 0 bridgehead atoms. The summed E-state index contributed by atoms with van der Waals surface area (Å²) in [6.45, 7) is 1.08. The molecule has 1 aromatic rings. The van der Waals surface area contributed by atoms with Crippen molar-refractivity contribution in [1.29, 1.82) is 0 Å². The van der Waals surface area contributed by atoms with E-state index >= 15 is 0 Å². The number of nitrogens with zero attached hydrogens (tertiary/aromatic N) is 2. The number of aliphatic hydroxyl groups is 1. The fraction of sp³-hybridized carbons (Fsp3) is 0.333. The summed E-state index contributed by atoms with van der Waals surface area (Å²) in [4.78, 5) is 17.3. The van der Waals surface area contributed by atoms with Gasteiger partial charge in [-0.1, -0.05) is 6.07 Å². The van der Waals surface area contributed by atoms with E-state index in [0.717, 1.165) is 5.56 Å². The highest BCUT2D eigenvalue weighted by atomic mass is 16.3. The zero-order valence-corrected chi connectivity index (χ0v) is 8.91. The van der Waals surface area contributed by atoms with Gasteiger partial charge in [0.05, 0.1) is 6.10 Å². The quantitative estimate of drug-likeness (QED) is 0.743. The Morgan fingerprint density at radius 2 is 2.50 bits per heavy atom. The second-order valence-electron chi connectivity index (χ2n) is 3.85. The number of amides is 1. The van der Waals surface area contributed by atoms with Gasteiger partial charge in [0.1, 0.15) is 0 Å². The summed E-state index contributed by atoms with van der Waals surface area (Å²) in [6.07, 6.45) is 6.95. The number of hydrogen-bond acceptors (Lipinski definition) is 3. The third-order valence-electron chi connectivity index (χ3n) is 2.58. The van der Waals surface area contributed by atoms with Gasteiger partial charge in [0, 0.05) is 31.6 Å². The third-order valence-corrected chi connectivity index (χ3v) is 2.58. The van der Waals surface area contributed by atoms with E-state index in [4.69, 9.17) is 0 Å². The first-order valence-electron chi connectivity index (χ1n) is 5.31. The maximum absolute atomic E-state index is 11.7. The maximum Gasteiger partial charge on any atom is 0.246 e. The van der Waals surface area contributed by atoms with Crippen LogP contribution in [0.2, 0.25) is 0 Å². The Labute approximate surface area is 94.2 Å². The first kappa shape index (κ1) is 10.8. The summed E-state index contributed by atoms with van der Waals surface area (Å²) in [5.41, 5.74) is 0.899. The van der Waals surface area contributed by atoms with Crippen molar-refractivity contribution < 1.29 is 9.90 Å². The Morgan fingerprint density at radius 3 is 3.12 bits per heavy atom. The molecule has 2 rings (SSSR count). The lowest BCUT2D eigenvalue weighted by Gasteiger charge is -2.12. The first-order valence-corrected chi connectivity index (χ1v) is 5.31. The molecule has 0 spiro atoms. The summed E-state index contributed by atoms with van der Waals surface area (Å²) < 4.78 is 0. The van der Waals surface area contributed by atoms with Gasteiger partial charge in [0.15, 0.2) is 0 Å². The highest BCUT2D eigenvalue weighted by molar-refractivity contribution is 5.91. The molecule has 1 amide bonds. The van der Waals surface area contributed by atoms with Gasteiger partial charge in [-0.05, 0) is 24.1 Å². The molecule has 84 valence electrons.